The Hall–Kier alpha value is -3.68. The van der Waals surface area contributed by atoms with Crippen LogP contribution in [0.15, 0.2) is 54.7 Å². The number of fused-ring (bicyclic) bond motifs is 1. The van der Waals surface area contributed by atoms with Crippen LogP contribution in [0.25, 0.3) is 0 Å². The number of nitrogens with zero attached hydrogens (tertiary/aromatic N) is 2. The summed E-state index contributed by atoms with van der Waals surface area (Å²) in [4.78, 5) is 20.7. The van der Waals surface area contributed by atoms with E-state index in [4.69, 9.17) is 9.47 Å². The van der Waals surface area contributed by atoms with Crippen molar-refractivity contribution in [2.75, 3.05) is 12.1 Å². The molecule has 1 aromatic heterocycles. The van der Waals surface area contributed by atoms with E-state index in [1.807, 2.05) is 18.2 Å². The lowest BCUT2D eigenvalue weighted by molar-refractivity contribution is 0.0945. The number of amides is 1. The highest BCUT2D eigenvalue weighted by Gasteiger charge is 2.14. The minimum absolute atomic E-state index is 0.208. The summed E-state index contributed by atoms with van der Waals surface area (Å²) in [6.45, 7) is 0.958. The zero-order valence-electron chi connectivity index (χ0n) is 14.8. The molecule has 0 atom stereocenters. The zero-order chi connectivity index (χ0) is 19.3. The molecule has 3 aromatic rings. The van der Waals surface area contributed by atoms with Crippen molar-refractivity contribution >= 4 is 11.9 Å². The van der Waals surface area contributed by atoms with Gasteiger partial charge < -0.3 is 20.1 Å². The zero-order valence-corrected chi connectivity index (χ0v) is 14.8. The predicted octanol–water partition coefficient (Wildman–Crippen LogP) is 2.89. The maximum atomic E-state index is 12.9. The Bertz CT molecular complexity index is 995. The van der Waals surface area contributed by atoms with Crippen molar-refractivity contribution in [1.29, 1.82) is 0 Å². The fourth-order valence-corrected chi connectivity index (χ4v) is 2.68. The highest BCUT2D eigenvalue weighted by atomic mass is 19.1. The summed E-state index contributed by atoms with van der Waals surface area (Å²) in [6.07, 6.45) is 1.51. The third-order valence-electron chi connectivity index (χ3n) is 4.14. The summed E-state index contributed by atoms with van der Waals surface area (Å²) in [5, 5.41) is 5.84. The molecule has 1 amide bonds. The number of halogens is 1. The number of nitrogens with one attached hydrogen (secondary N) is 2. The van der Waals surface area contributed by atoms with Crippen LogP contribution < -0.4 is 20.1 Å². The Morgan fingerprint density at radius 2 is 1.79 bits per heavy atom. The van der Waals surface area contributed by atoms with E-state index in [0.29, 0.717) is 30.5 Å². The minimum Gasteiger partial charge on any atom is -0.454 e. The van der Waals surface area contributed by atoms with Crippen molar-refractivity contribution in [3.8, 4) is 11.5 Å². The van der Waals surface area contributed by atoms with Crippen LogP contribution in [0.1, 0.15) is 21.6 Å². The third-order valence-corrected chi connectivity index (χ3v) is 4.14. The van der Waals surface area contributed by atoms with Gasteiger partial charge in [-0.1, -0.05) is 18.2 Å². The average Bonchev–Trinajstić information content (AvgIpc) is 3.20. The molecule has 2 aromatic carbocycles. The highest BCUT2D eigenvalue weighted by molar-refractivity contribution is 5.92. The number of hydrogen-bond donors (Lipinski definition) is 2. The van der Waals surface area contributed by atoms with Gasteiger partial charge in [0.1, 0.15) is 11.5 Å². The first-order chi connectivity index (χ1) is 13.7. The van der Waals surface area contributed by atoms with Crippen LogP contribution >= 0.6 is 0 Å². The fraction of sp³-hybridized carbons (Fsp3) is 0.150. The largest absolute Gasteiger partial charge is 0.454 e. The van der Waals surface area contributed by atoms with Gasteiger partial charge in [0, 0.05) is 19.3 Å². The molecule has 2 N–H and O–H groups in total. The summed E-state index contributed by atoms with van der Waals surface area (Å²) in [6, 6.07) is 13.2. The topological polar surface area (TPSA) is 85.4 Å². The maximum absolute atomic E-state index is 12.9. The summed E-state index contributed by atoms with van der Waals surface area (Å²) in [7, 11) is 0. The van der Waals surface area contributed by atoms with Gasteiger partial charge in [0.2, 0.25) is 12.7 Å². The molecule has 4 rings (SSSR count). The van der Waals surface area contributed by atoms with Crippen LogP contribution in [0.3, 0.4) is 0 Å². The van der Waals surface area contributed by atoms with E-state index >= 15 is 0 Å². The monoisotopic (exact) mass is 380 g/mol. The van der Waals surface area contributed by atoms with Crippen LogP contribution in [-0.4, -0.2) is 22.7 Å². The predicted molar refractivity (Wildman–Crippen MR) is 99.5 cm³/mol. The van der Waals surface area contributed by atoms with E-state index in [1.54, 1.807) is 12.1 Å². The summed E-state index contributed by atoms with van der Waals surface area (Å²) >= 11 is 0. The molecule has 1 aliphatic rings. The van der Waals surface area contributed by atoms with Crippen molar-refractivity contribution in [3.63, 3.8) is 0 Å². The second-order valence-electron chi connectivity index (χ2n) is 6.12. The molecule has 0 unspecified atom stereocenters. The number of carbonyl (C=O) groups is 1. The number of carbonyl (C=O) groups excluding carboxylic acids is 1. The number of benzene rings is 2. The van der Waals surface area contributed by atoms with Gasteiger partial charge in [-0.05, 0) is 41.5 Å². The Morgan fingerprint density at radius 3 is 2.64 bits per heavy atom. The lowest BCUT2D eigenvalue weighted by Crippen LogP contribution is -2.24. The van der Waals surface area contributed by atoms with Gasteiger partial charge in [-0.15, -0.1) is 0 Å². The van der Waals surface area contributed by atoms with Gasteiger partial charge >= 0.3 is 0 Å². The molecule has 7 nitrogen and oxygen atoms in total. The molecular weight excluding hydrogens is 363 g/mol. The molecule has 0 fully saturated rings. The SMILES string of the molecule is O=C(NCc1ccc2c(c1)OCO2)c1ccnc(NCc2ccc(F)cc2)n1. The molecular formula is C20H17FN4O3. The van der Waals surface area contributed by atoms with Crippen LogP contribution in [0.4, 0.5) is 10.3 Å². The number of ether oxygens (including phenoxy) is 2. The number of hydrogen-bond acceptors (Lipinski definition) is 6. The van der Waals surface area contributed by atoms with Crippen molar-refractivity contribution in [2.24, 2.45) is 0 Å². The molecule has 0 aliphatic carbocycles. The Morgan fingerprint density at radius 1 is 1.00 bits per heavy atom. The average molecular weight is 380 g/mol. The molecule has 28 heavy (non-hydrogen) atoms. The maximum Gasteiger partial charge on any atom is 0.270 e. The van der Waals surface area contributed by atoms with Gasteiger partial charge in [-0.3, -0.25) is 4.79 Å². The van der Waals surface area contributed by atoms with Gasteiger partial charge in [-0.2, -0.15) is 0 Å². The van der Waals surface area contributed by atoms with E-state index < -0.39 is 0 Å². The summed E-state index contributed by atoms with van der Waals surface area (Å²) in [5.41, 5.74) is 2.02. The first kappa shape index (κ1) is 17.7. The molecule has 0 saturated heterocycles. The molecule has 8 heteroatoms. The Labute approximate surface area is 160 Å². The Kier molecular flexibility index (Phi) is 5.01. The molecule has 2 heterocycles. The standard InChI is InChI=1S/C20H17FN4O3/c21-15-4-1-13(2-5-15)10-24-20-22-8-7-16(25-20)19(26)23-11-14-3-6-17-18(9-14)28-12-27-17/h1-9H,10-12H2,(H,23,26)(H,22,24,25). The Balaban J connectivity index is 1.35. The van der Waals surface area contributed by atoms with Crippen LogP contribution in [0, 0.1) is 5.82 Å². The molecule has 0 radical (unpaired) electrons. The first-order valence-electron chi connectivity index (χ1n) is 8.65. The van der Waals surface area contributed by atoms with E-state index in [9.17, 15) is 9.18 Å². The second-order valence-corrected chi connectivity index (χ2v) is 6.12. The summed E-state index contributed by atoms with van der Waals surface area (Å²) in [5.74, 6) is 1.08. The van der Waals surface area contributed by atoms with Crippen LogP contribution in [0.2, 0.25) is 0 Å². The summed E-state index contributed by atoms with van der Waals surface area (Å²) < 4.78 is 23.6. The number of aromatic nitrogens is 2. The smallest absolute Gasteiger partial charge is 0.270 e. The normalized spacial score (nSPS) is 11.9. The van der Waals surface area contributed by atoms with E-state index in [0.717, 1.165) is 11.1 Å². The van der Waals surface area contributed by atoms with Crippen molar-refractivity contribution in [1.82, 2.24) is 15.3 Å². The highest BCUT2D eigenvalue weighted by Crippen LogP contribution is 2.32. The molecule has 0 bridgehead atoms. The van der Waals surface area contributed by atoms with Gasteiger partial charge in [-0.25, -0.2) is 14.4 Å². The first-order valence-corrected chi connectivity index (χ1v) is 8.65. The molecule has 142 valence electrons. The molecule has 1 aliphatic heterocycles. The second kappa shape index (κ2) is 7.91. The van der Waals surface area contributed by atoms with E-state index in [1.165, 1.54) is 24.4 Å². The molecule has 0 saturated carbocycles. The van der Waals surface area contributed by atoms with Gasteiger partial charge in [0.15, 0.2) is 11.5 Å². The van der Waals surface area contributed by atoms with Crippen LogP contribution in [0.5, 0.6) is 11.5 Å². The third kappa shape index (κ3) is 4.17. The number of anilines is 1. The van der Waals surface area contributed by atoms with Gasteiger partial charge in [0.05, 0.1) is 0 Å². The minimum atomic E-state index is -0.315. The van der Waals surface area contributed by atoms with Crippen molar-refractivity contribution in [3.05, 3.63) is 77.4 Å². The van der Waals surface area contributed by atoms with Crippen molar-refractivity contribution in [2.45, 2.75) is 13.1 Å². The van der Waals surface area contributed by atoms with E-state index in [2.05, 4.69) is 20.6 Å². The number of rotatable bonds is 6. The van der Waals surface area contributed by atoms with E-state index in [-0.39, 0.29) is 24.2 Å². The lowest BCUT2D eigenvalue weighted by Gasteiger charge is -2.08. The quantitative estimate of drug-likeness (QED) is 0.684. The van der Waals surface area contributed by atoms with Crippen molar-refractivity contribution < 1.29 is 18.7 Å². The lowest BCUT2D eigenvalue weighted by atomic mass is 10.2. The van der Waals surface area contributed by atoms with Crippen LogP contribution in [-0.2, 0) is 13.1 Å². The fourth-order valence-electron chi connectivity index (χ4n) is 2.68. The van der Waals surface area contributed by atoms with Gasteiger partial charge in [0.25, 0.3) is 5.91 Å². The molecule has 0 spiro atoms.